The average molecular weight is 1120 g/mol. The van der Waals surface area contributed by atoms with E-state index in [-0.39, 0.29) is 13.2 Å². The third kappa shape index (κ3) is 60.9. The van der Waals surface area contributed by atoms with E-state index in [4.69, 9.17) is 104 Å². The Labute approximate surface area is 442 Å². The number of hydrogen-bond acceptors (Lipinski definition) is 22. The standard InChI is InChI=1S/C48H104O22Si3/c1-71(2,47-7-11-51-15-19-55-23-27-59-31-35-63-39-43-67-45-41-65-37-33-61-29-25-57-21-17-53-13-9-49)69-73(5,6)70-72(3,4)48-8-12-52-16-20-56-24-28-60-32-36-64-40-44-68-46-42-66-38-34-62-30-26-58-22-18-54-14-10-50/h49-50H,7-48H2,1-6H3. The van der Waals surface area contributed by atoms with E-state index in [2.05, 4.69) is 39.3 Å². The largest absolute Gasteiger partial charge is 0.437 e. The van der Waals surface area contributed by atoms with Crippen molar-refractivity contribution in [1.29, 1.82) is 0 Å². The van der Waals surface area contributed by atoms with Crippen LogP contribution in [-0.4, -0.2) is 286 Å². The molecule has 0 spiro atoms. The van der Waals surface area contributed by atoms with Crippen molar-refractivity contribution < 1.29 is 104 Å². The van der Waals surface area contributed by atoms with E-state index in [9.17, 15) is 0 Å². The minimum absolute atomic E-state index is 0.0203. The third-order valence-electron chi connectivity index (χ3n) is 9.60. The van der Waals surface area contributed by atoms with Crippen LogP contribution in [0.15, 0.2) is 0 Å². The molecule has 0 heterocycles. The lowest BCUT2D eigenvalue weighted by atomic mass is 10.5. The van der Waals surface area contributed by atoms with Crippen molar-refractivity contribution in [1.82, 2.24) is 0 Å². The summed E-state index contributed by atoms with van der Waals surface area (Å²) in [7, 11) is -6.15. The van der Waals surface area contributed by atoms with Crippen LogP contribution in [0.5, 0.6) is 0 Å². The van der Waals surface area contributed by atoms with Crippen LogP contribution in [0, 0.1) is 0 Å². The fourth-order valence-corrected chi connectivity index (χ4v) is 20.5. The lowest BCUT2D eigenvalue weighted by molar-refractivity contribution is -0.0255. The molecule has 0 aromatic heterocycles. The molecule has 0 aliphatic carbocycles. The molecule has 0 radical (unpaired) electrons. The molecule has 0 amide bonds. The van der Waals surface area contributed by atoms with Crippen LogP contribution in [0.3, 0.4) is 0 Å². The first-order valence-electron chi connectivity index (χ1n) is 26.5. The zero-order valence-electron chi connectivity index (χ0n) is 46.3. The van der Waals surface area contributed by atoms with Crippen LogP contribution >= 0.6 is 0 Å². The summed E-state index contributed by atoms with van der Waals surface area (Å²) in [6, 6.07) is 2.03. The van der Waals surface area contributed by atoms with Gasteiger partial charge in [0.05, 0.1) is 238 Å². The van der Waals surface area contributed by atoms with Crippen molar-refractivity contribution in [3.05, 3.63) is 0 Å². The molecule has 0 atom stereocenters. The molecule has 0 bridgehead atoms. The molecule has 2 N–H and O–H groups in total. The van der Waals surface area contributed by atoms with Crippen LogP contribution in [0.1, 0.15) is 12.8 Å². The number of aliphatic hydroxyl groups is 2. The molecule has 25 heteroatoms. The van der Waals surface area contributed by atoms with Gasteiger partial charge >= 0.3 is 8.56 Å². The molecule has 0 saturated heterocycles. The van der Waals surface area contributed by atoms with Gasteiger partial charge in [-0.2, -0.15) is 0 Å². The normalized spacial score (nSPS) is 12.5. The molecular formula is C48H104O22Si3. The quantitative estimate of drug-likeness (QED) is 0.0659. The average Bonchev–Trinajstić information content (AvgIpc) is 3.34. The van der Waals surface area contributed by atoms with Gasteiger partial charge in [-0.15, -0.1) is 0 Å². The fourth-order valence-electron chi connectivity index (χ4n) is 6.51. The molecule has 0 fully saturated rings. The zero-order chi connectivity index (χ0) is 53.3. The minimum atomic E-state index is -2.30. The van der Waals surface area contributed by atoms with Gasteiger partial charge in [0.2, 0.25) is 0 Å². The van der Waals surface area contributed by atoms with Crippen molar-refractivity contribution >= 4 is 25.2 Å². The van der Waals surface area contributed by atoms with Gasteiger partial charge in [0.25, 0.3) is 0 Å². The summed E-state index contributed by atoms with van der Waals surface area (Å²) in [6.07, 6.45) is 1.90. The molecule has 0 aromatic rings. The Bertz CT molecular complexity index is 1000. The highest BCUT2D eigenvalue weighted by Gasteiger charge is 2.39. The Kier molecular flexibility index (Phi) is 56.3. The van der Waals surface area contributed by atoms with Gasteiger partial charge in [-0.3, -0.25) is 0 Å². The second-order valence-corrected chi connectivity index (χ2v) is 30.3. The van der Waals surface area contributed by atoms with Gasteiger partial charge in [-0.05, 0) is 64.2 Å². The van der Waals surface area contributed by atoms with E-state index in [0.717, 1.165) is 24.9 Å². The highest BCUT2D eigenvalue weighted by Crippen LogP contribution is 2.26. The Hall–Kier alpha value is -0.229. The van der Waals surface area contributed by atoms with Crippen LogP contribution in [0.25, 0.3) is 0 Å². The molecule has 22 nitrogen and oxygen atoms in total. The Balaban J connectivity index is 3.52. The van der Waals surface area contributed by atoms with E-state index in [1.807, 2.05) is 0 Å². The highest BCUT2D eigenvalue weighted by molar-refractivity contribution is 6.87. The number of ether oxygens (including phenoxy) is 18. The van der Waals surface area contributed by atoms with Crippen LogP contribution in [0.2, 0.25) is 51.4 Å². The predicted octanol–water partition coefficient (Wildman–Crippen LogP) is 3.20. The van der Waals surface area contributed by atoms with Crippen LogP contribution in [0.4, 0.5) is 0 Å². The molecule has 0 saturated carbocycles. The van der Waals surface area contributed by atoms with Crippen molar-refractivity contribution in [3.8, 4) is 0 Å². The SMILES string of the molecule is C[Si](C)(CCCOCCOCCOCCOCCOCCOCCOCCOCCOCCO)O[Si](C)(C)O[Si](C)(C)CCCOCCOCCOCCOCCOCCOCCOCCOCCOCCO. The number of rotatable bonds is 64. The van der Waals surface area contributed by atoms with Gasteiger partial charge in [0, 0.05) is 13.2 Å². The van der Waals surface area contributed by atoms with Gasteiger partial charge in [0.15, 0.2) is 16.6 Å². The molecule has 0 aliphatic rings. The summed E-state index contributed by atoms with van der Waals surface area (Å²) in [6.45, 7) is 31.6. The molecule has 0 aromatic carbocycles. The monoisotopic (exact) mass is 1120 g/mol. The van der Waals surface area contributed by atoms with E-state index in [1.54, 1.807) is 0 Å². The topological polar surface area (TPSA) is 225 Å². The summed E-state index contributed by atoms with van der Waals surface area (Å²) in [5.74, 6) is 0. The summed E-state index contributed by atoms with van der Waals surface area (Å²) in [5.41, 5.74) is 0. The third-order valence-corrected chi connectivity index (χ3v) is 21.1. The summed E-state index contributed by atoms with van der Waals surface area (Å²) in [4.78, 5) is 0. The van der Waals surface area contributed by atoms with Crippen LogP contribution in [-0.2, 0) is 93.5 Å². The zero-order valence-corrected chi connectivity index (χ0v) is 49.3. The van der Waals surface area contributed by atoms with Crippen molar-refractivity contribution in [2.75, 3.05) is 251 Å². The van der Waals surface area contributed by atoms with Gasteiger partial charge < -0.3 is 104 Å². The van der Waals surface area contributed by atoms with Crippen molar-refractivity contribution in [2.24, 2.45) is 0 Å². The molecule has 440 valence electrons. The van der Waals surface area contributed by atoms with Crippen molar-refractivity contribution in [3.63, 3.8) is 0 Å². The van der Waals surface area contributed by atoms with E-state index < -0.39 is 25.2 Å². The van der Waals surface area contributed by atoms with Gasteiger partial charge in [-0.25, -0.2) is 0 Å². The molecule has 0 unspecified atom stereocenters. The lowest BCUT2D eigenvalue weighted by Gasteiger charge is -2.38. The lowest BCUT2D eigenvalue weighted by Crippen LogP contribution is -2.52. The van der Waals surface area contributed by atoms with Crippen LogP contribution < -0.4 is 0 Å². The van der Waals surface area contributed by atoms with E-state index >= 15 is 0 Å². The first-order chi connectivity index (χ1) is 35.5. The second kappa shape index (κ2) is 56.5. The maximum atomic E-state index is 8.62. The maximum Gasteiger partial charge on any atom is 0.311 e. The van der Waals surface area contributed by atoms with Gasteiger partial charge in [-0.1, -0.05) is 0 Å². The smallest absolute Gasteiger partial charge is 0.311 e. The Morgan fingerprint density at radius 3 is 0.493 bits per heavy atom. The predicted molar refractivity (Wildman–Crippen MR) is 282 cm³/mol. The van der Waals surface area contributed by atoms with Gasteiger partial charge in [0.1, 0.15) is 0 Å². The number of hydrogen-bond donors (Lipinski definition) is 2. The molecule has 73 heavy (non-hydrogen) atoms. The summed E-state index contributed by atoms with van der Waals surface area (Å²) >= 11 is 0. The maximum absolute atomic E-state index is 8.62. The van der Waals surface area contributed by atoms with E-state index in [0.29, 0.717) is 238 Å². The fraction of sp³-hybridized carbons (Fsp3) is 1.00. The number of aliphatic hydroxyl groups excluding tert-OH is 2. The summed E-state index contributed by atoms with van der Waals surface area (Å²) < 4.78 is 112. The molecule has 0 aliphatic heterocycles. The second-order valence-electron chi connectivity index (χ2n) is 17.8. The Morgan fingerprint density at radius 2 is 0.342 bits per heavy atom. The van der Waals surface area contributed by atoms with E-state index in [1.165, 1.54) is 0 Å². The highest BCUT2D eigenvalue weighted by atomic mass is 28.5. The first kappa shape index (κ1) is 72.8. The summed E-state index contributed by atoms with van der Waals surface area (Å²) in [5, 5.41) is 17.2. The molecular weight excluding hydrogens is 1010 g/mol. The first-order valence-corrected chi connectivity index (χ1v) is 35.6. The molecule has 0 rings (SSSR count). The van der Waals surface area contributed by atoms with Crippen molar-refractivity contribution in [2.45, 2.75) is 64.2 Å². The minimum Gasteiger partial charge on any atom is -0.437 e. The Morgan fingerprint density at radius 1 is 0.205 bits per heavy atom.